The van der Waals surface area contributed by atoms with E-state index in [0.29, 0.717) is 5.69 Å². The summed E-state index contributed by atoms with van der Waals surface area (Å²) in [7, 11) is 0. The van der Waals surface area contributed by atoms with Gasteiger partial charge in [0.2, 0.25) is 5.91 Å². The Morgan fingerprint density at radius 3 is 2.11 bits per heavy atom. The molecule has 3 N–H and O–H groups in total. The summed E-state index contributed by atoms with van der Waals surface area (Å²) in [4.78, 5) is 23.5. The van der Waals surface area contributed by atoms with Crippen molar-refractivity contribution in [1.29, 1.82) is 0 Å². The third-order valence-corrected chi connectivity index (χ3v) is 3.84. The van der Waals surface area contributed by atoms with Crippen LogP contribution in [-0.4, -0.2) is 16.4 Å². The van der Waals surface area contributed by atoms with Gasteiger partial charge in [-0.3, -0.25) is 9.59 Å². The van der Waals surface area contributed by atoms with Crippen LogP contribution in [0.15, 0.2) is 67.0 Å². The van der Waals surface area contributed by atoms with E-state index in [2.05, 4.69) is 5.32 Å². The van der Waals surface area contributed by atoms with Crippen molar-refractivity contribution < 1.29 is 22.8 Å². The lowest BCUT2D eigenvalue weighted by atomic mass is 10.1. The highest BCUT2D eigenvalue weighted by Crippen LogP contribution is 2.32. The SMILES string of the molecule is NC(=O)c1ccc(NC(=O)c2cc(-n3cccc3)cc(C(F)(F)F)c2)cc1. The fourth-order valence-electron chi connectivity index (χ4n) is 2.48. The van der Waals surface area contributed by atoms with Gasteiger partial charge in [0, 0.05) is 34.9 Å². The van der Waals surface area contributed by atoms with Crippen molar-refractivity contribution in [3.05, 3.63) is 83.7 Å². The maximum absolute atomic E-state index is 13.2. The van der Waals surface area contributed by atoms with Gasteiger partial charge < -0.3 is 15.6 Å². The Hall–Kier alpha value is -3.55. The van der Waals surface area contributed by atoms with Crippen LogP contribution >= 0.6 is 0 Å². The second-order valence-electron chi connectivity index (χ2n) is 5.75. The van der Waals surface area contributed by atoms with Crippen LogP contribution < -0.4 is 11.1 Å². The average molecular weight is 373 g/mol. The fraction of sp³-hybridized carbons (Fsp3) is 0.0526. The van der Waals surface area contributed by atoms with Crippen LogP contribution in [-0.2, 0) is 6.18 Å². The minimum absolute atomic E-state index is 0.146. The molecule has 5 nitrogen and oxygen atoms in total. The molecule has 2 aromatic carbocycles. The summed E-state index contributed by atoms with van der Waals surface area (Å²) in [5.74, 6) is -1.33. The van der Waals surface area contributed by atoms with Gasteiger partial charge in [0.25, 0.3) is 5.91 Å². The van der Waals surface area contributed by atoms with E-state index in [1.54, 1.807) is 24.5 Å². The van der Waals surface area contributed by atoms with Gasteiger partial charge in [-0.25, -0.2) is 0 Å². The molecule has 0 aliphatic carbocycles. The Bertz CT molecular complexity index is 978. The summed E-state index contributed by atoms with van der Waals surface area (Å²) in [6.45, 7) is 0. The van der Waals surface area contributed by atoms with E-state index >= 15 is 0 Å². The average Bonchev–Trinajstić information content (AvgIpc) is 3.15. The highest BCUT2D eigenvalue weighted by molar-refractivity contribution is 6.05. The van der Waals surface area contributed by atoms with E-state index < -0.39 is 23.6 Å². The number of nitrogens with zero attached hydrogens (tertiary/aromatic N) is 1. The van der Waals surface area contributed by atoms with Crippen LogP contribution in [0.2, 0.25) is 0 Å². The molecule has 0 bridgehead atoms. The van der Waals surface area contributed by atoms with Crippen LogP contribution in [0.25, 0.3) is 5.69 Å². The number of alkyl halides is 3. The summed E-state index contributed by atoms with van der Waals surface area (Å²) in [5.41, 5.74) is 4.86. The molecule has 0 atom stereocenters. The third kappa shape index (κ3) is 4.17. The number of carbonyl (C=O) groups excluding carboxylic acids is 2. The van der Waals surface area contributed by atoms with E-state index in [1.807, 2.05) is 0 Å². The Kier molecular flexibility index (Phi) is 4.72. The van der Waals surface area contributed by atoms with Crippen LogP contribution in [0.4, 0.5) is 18.9 Å². The number of halogens is 3. The lowest BCUT2D eigenvalue weighted by molar-refractivity contribution is -0.137. The third-order valence-electron chi connectivity index (χ3n) is 3.84. The van der Waals surface area contributed by atoms with E-state index in [9.17, 15) is 22.8 Å². The molecule has 3 aromatic rings. The first-order chi connectivity index (χ1) is 12.7. The highest BCUT2D eigenvalue weighted by Gasteiger charge is 2.32. The Labute approximate surface area is 152 Å². The molecule has 0 aliphatic heterocycles. The number of rotatable bonds is 4. The van der Waals surface area contributed by atoms with E-state index in [-0.39, 0.29) is 16.8 Å². The molecule has 0 fully saturated rings. The summed E-state index contributed by atoms with van der Waals surface area (Å²) in [6, 6.07) is 12.2. The number of primary amides is 1. The quantitative estimate of drug-likeness (QED) is 0.729. The van der Waals surface area contributed by atoms with Gasteiger partial charge in [-0.2, -0.15) is 13.2 Å². The van der Waals surface area contributed by atoms with E-state index in [4.69, 9.17) is 5.73 Å². The maximum atomic E-state index is 13.2. The molecule has 138 valence electrons. The number of anilines is 1. The smallest absolute Gasteiger partial charge is 0.366 e. The number of amides is 2. The van der Waals surface area contributed by atoms with Gasteiger partial charge in [-0.05, 0) is 54.6 Å². The molecule has 0 radical (unpaired) electrons. The monoisotopic (exact) mass is 373 g/mol. The Balaban J connectivity index is 1.93. The van der Waals surface area contributed by atoms with Gasteiger partial charge in [-0.15, -0.1) is 0 Å². The van der Waals surface area contributed by atoms with Gasteiger partial charge in [-0.1, -0.05) is 0 Å². The first-order valence-electron chi connectivity index (χ1n) is 7.81. The van der Waals surface area contributed by atoms with Crippen LogP contribution in [0, 0.1) is 0 Å². The van der Waals surface area contributed by atoms with Crippen molar-refractivity contribution in [2.75, 3.05) is 5.32 Å². The molecular weight excluding hydrogens is 359 g/mol. The van der Waals surface area contributed by atoms with Crippen molar-refractivity contribution in [1.82, 2.24) is 4.57 Å². The summed E-state index contributed by atoms with van der Waals surface area (Å²) in [6.07, 6.45) is -1.43. The molecule has 0 unspecified atom stereocenters. The second-order valence-corrected chi connectivity index (χ2v) is 5.75. The normalized spacial score (nSPS) is 11.2. The molecule has 27 heavy (non-hydrogen) atoms. The van der Waals surface area contributed by atoms with Crippen molar-refractivity contribution >= 4 is 17.5 Å². The van der Waals surface area contributed by atoms with E-state index in [1.165, 1.54) is 34.9 Å². The van der Waals surface area contributed by atoms with Crippen molar-refractivity contribution in [3.63, 3.8) is 0 Å². The number of aromatic nitrogens is 1. The van der Waals surface area contributed by atoms with Crippen molar-refractivity contribution in [2.24, 2.45) is 5.73 Å². The van der Waals surface area contributed by atoms with Gasteiger partial charge in [0.05, 0.1) is 5.56 Å². The number of carbonyl (C=O) groups is 2. The molecular formula is C19H14F3N3O2. The van der Waals surface area contributed by atoms with Gasteiger partial charge >= 0.3 is 6.18 Å². The molecule has 0 spiro atoms. The summed E-state index contributed by atoms with van der Waals surface area (Å²) in [5, 5.41) is 2.51. The minimum Gasteiger partial charge on any atom is -0.366 e. The van der Waals surface area contributed by atoms with Crippen LogP contribution in [0.5, 0.6) is 0 Å². The van der Waals surface area contributed by atoms with Gasteiger partial charge in [0.15, 0.2) is 0 Å². The fourth-order valence-corrected chi connectivity index (χ4v) is 2.48. The predicted octanol–water partition coefficient (Wildman–Crippen LogP) is 3.85. The molecule has 0 saturated heterocycles. The second kappa shape index (κ2) is 6.99. The zero-order valence-electron chi connectivity index (χ0n) is 13.8. The van der Waals surface area contributed by atoms with Crippen molar-refractivity contribution in [2.45, 2.75) is 6.18 Å². The van der Waals surface area contributed by atoms with Crippen molar-refractivity contribution in [3.8, 4) is 5.69 Å². The predicted molar refractivity (Wildman–Crippen MR) is 93.7 cm³/mol. The highest BCUT2D eigenvalue weighted by atomic mass is 19.4. The number of nitrogens with two attached hydrogens (primary N) is 1. The lowest BCUT2D eigenvalue weighted by Crippen LogP contribution is -2.15. The first-order valence-corrected chi connectivity index (χ1v) is 7.81. The molecule has 2 amide bonds. The standard InChI is InChI=1S/C19H14F3N3O2/c20-19(21,22)14-9-13(10-16(11-14)25-7-1-2-8-25)18(27)24-15-5-3-12(4-6-15)17(23)26/h1-11H,(H2,23,26)(H,24,27). The summed E-state index contributed by atoms with van der Waals surface area (Å²) >= 11 is 0. The molecule has 3 rings (SSSR count). The minimum atomic E-state index is -4.60. The first kappa shape index (κ1) is 18.2. The topological polar surface area (TPSA) is 77.1 Å². The lowest BCUT2D eigenvalue weighted by Gasteiger charge is -2.13. The number of nitrogens with one attached hydrogen (secondary N) is 1. The maximum Gasteiger partial charge on any atom is 0.416 e. The molecule has 8 heteroatoms. The number of hydrogen-bond donors (Lipinski definition) is 2. The largest absolute Gasteiger partial charge is 0.416 e. The molecule has 1 aromatic heterocycles. The molecule has 0 aliphatic rings. The van der Waals surface area contributed by atoms with Crippen LogP contribution in [0.1, 0.15) is 26.3 Å². The zero-order valence-corrected chi connectivity index (χ0v) is 13.8. The van der Waals surface area contributed by atoms with Crippen LogP contribution in [0.3, 0.4) is 0 Å². The Morgan fingerprint density at radius 1 is 0.926 bits per heavy atom. The Morgan fingerprint density at radius 2 is 1.56 bits per heavy atom. The summed E-state index contributed by atoms with van der Waals surface area (Å²) < 4.78 is 41.1. The number of hydrogen-bond acceptors (Lipinski definition) is 2. The number of benzene rings is 2. The zero-order chi connectivity index (χ0) is 19.6. The van der Waals surface area contributed by atoms with Gasteiger partial charge in [0.1, 0.15) is 0 Å². The van der Waals surface area contributed by atoms with E-state index in [0.717, 1.165) is 12.1 Å². The molecule has 1 heterocycles. The molecule has 0 saturated carbocycles.